The molecular weight excluding hydrogens is 393 g/mol. The second kappa shape index (κ2) is 9.01. The van der Waals surface area contributed by atoms with Gasteiger partial charge < -0.3 is 13.9 Å². The van der Waals surface area contributed by atoms with Gasteiger partial charge in [-0.05, 0) is 35.4 Å². The van der Waals surface area contributed by atoms with Gasteiger partial charge in [-0.15, -0.1) is 10.2 Å². The van der Waals surface area contributed by atoms with Crippen molar-refractivity contribution in [3.05, 3.63) is 65.5 Å². The summed E-state index contributed by atoms with van der Waals surface area (Å²) in [5.74, 6) is 2.00. The molecule has 1 aromatic heterocycles. The van der Waals surface area contributed by atoms with Crippen molar-refractivity contribution in [2.75, 3.05) is 13.7 Å². The molecule has 28 heavy (non-hydrogen) atoms. The van der Waals surface area contributed by atoms with E-state index in [-0.39, 0.29) is 5.75 Å². The molecule has 0 spiro atoms. The molecule has 1 heterocycles. The molecule has 0 saturated heterocycles. The highest BCUT2D eigenvalue weighted by Crippen LogP contribution is 2.24. The van der Waals surface area contributed by atoms with Gasteiger partial charge in [-0.2, -0.15) is 13.2 Å². The summed E-state index contributed by atoms with van der Waals surface area (Å²) >= 11 is 1.35. The fraction of sp³-hybridized carbons (Fsp3) is 0.263. The van der Waals surface area contributed by atoms with Crippen LogP contribution in [0.2, 0.25) is 0 Å². The van der Waals surface area contributed by atoms with E-state index in [0.29, 0.717) is 23.3 Å². The minimum absolute atomic E-state index is 0.172. The number of ether oxygens (including phenoxy) is 2. The topological polar surface area (TPSA) is 57.4 Å². The van der Waals surface area contributed by atoms with Crippen molar-refractivity contribution in [2.45, 2.75) is 23.6 Å². The molecule has 0 amide bonds. The van der Waals surface area contributed by atoms with Gasteiger partial charge in [-0.25, -0.2) is 0 Å². The van der Waals surface area contributed by atoms with Crippen LogP contribution in [0.4, 0.5) is 13.2 Å². The Bertz CT molecular complexity index is 881. The Hall–Kier alpha value is -2.68. The van der Waals surface area contributed by atoms with Crippen LogP contribution in [0.5, 0.6) is 11.5 Å². The predicted molar refractivity (Wildman–Crippen MR) is 97.7 cm³/mol. The predicted octanol–water partition coefficient (Wildman–Crippen LogP) is 4.90. The van der Waals surface area contributed by atoms with Crippen LogP contribution in [0.3, 0.4) is 0 Å². The first kappa shape index (κ1) is 20.1. The van der Waals surface area contributed by atoms with Gasteiger partial charge in [0.1, 0.15) is 11.5 Å². The highest BCUT2D eigenvalue weighted by Gasteiger charge is 2.28. The molecule has 3 rings (SSSR count). The summed E-state index contributed by atoms with van der Waals surface area (Å²) in [6, 6.07) is 14.0. The second-order valence-corrected chi connectivity index (χ2v) is 6.75. The maximum absolute atomic E-state index is 12.1. The maximum atomic E-state index is 12.1. The van der Waals surface area contributed by atoms with Crippen LogP contribution in [-0.4, -0.2) is 30.1 Å². The zero-order valence-corrected chi connectivity index (χ0v) is 15.7. The first-order valence-corrected chi connectivity index (χ1v) is 9.26. The summed E-state index contributed by atoms with van der Waals surface area (Å²) < 4.78 is 51.9. The smallest absolute Gasteiger partial charge is 0.422 e. The molecule has 0 aliphatic carbocycles. The average Bonchev–Trinajstić information content (AvgIpc) is 3.13. The number of hydrogen-bond acceptors (Lipinski definition) is 6. The lowest BCUT2D eigenvalue weighted by Crippen LogP contribution is -2.19. The number of aromatic nitrogens is 2. The van der Waals surface area contributed by atoms with Gasteiger partial charge in [-0.1, -0.05) is 36.0 Å². The van der Waals surface area contributed by atoms with Crippen molar-refractivity contribution in [3.8, 4) is 11.5 Å². The van der Waals surface area contributed by atoms with E-state index in [2.05, 4.69) is 14.9 Å². The first-order valence-electron chi connectivity index (χ1n) is 8.28. The zero-order valence-electron chi connectivity index (χ0n) is 14.9. The highest BCUT2D eigenvalue weighted by atomic mass is 32.2. The van der Waals surface area contributed by atoms with Gasteiger partial charge in [0.25, 0.3) is 5.22 Å². The first-order chi connectivity index (χ1) is 13.4. The molecule has 0 aliphatic heterocycles. The van der Waals surface area contributed by atoms with Crippen LogP contribution < -0.4 is 9.47 Å². The van der Waals surface area contributed by atoms with Gasteiger partial charge in [0, 0.05) is 5.75 Å². The fourth-order valence-electron chi connectivity index (χ4n) is 2.28. The van der Waals surface area contributed by atoms with Gasteiger partial charge >= 0.3 is 6.18 Å². The molecular formula is C19H17F3N2O3S. The Kier molecular flexibility index (Phi) is 6.45. The van der Waals surface area contributed by atoms with Crippen LogP contribution >= 0.6 is 11.8 Å². The Morgan fingerprint density at radius 3 is 2.21 bits per heavy atom. The monoisotopic (exact) mass is 410 g/mol. The number of nitrogens with zero attached hydrogens (tertiary/aromatic N) is 2. The summed E-state index contributed by atoms with van der Waals surface area (Å²) in [5.41, 5.74) is 1.93. The summed E-state index contributed by atoms with van der Waals surface area (Å²) in [4.78, 5) is 0. The third-order valence-electron chi connectivity index (χ3n) is 3.65. The van der Waals surface area contributed by atoms with E-state index in [1.54, 1.807) is 19.2 Å². The molecule has 0 N–H and O–H groups in total. The third kappa shape index (κ3) is 6.19. The third-order valence-corrected chi connectivity index (χ3v) is 4.54. The molecule has 0 fully saturated rings. The molecule has 0 aliphatic rings. The van der Waals surface area contributed by atoms with Crippen molar-refractivity contribution >= 4 is 11.8 Å². The summed E-state index contributed by atoms with van der Waals surface area (Å²) in [5, 5.41) is 8.47. The minimum Gasteiger partial charge on any atom is -0.497 e. The molecule has 0 atom stereocenters. The minimum atomic E-state index is -4.35. The highest BCUT2D eigenvalue weighted by molar-refractivity contribution is 7.98. The van der Waals surface area contributed by atoms with Crippen LogP contribution in [0.15, 0.2) is 58.2 Å². The zero-order chi connectivity index (χ0) is 20.0. The molecule has 0 saturated carbocycles. The maximum Gasteiger partial charge on any atom is 0.422 e. The van der Waals surface area contributed by atoms with Crippen LogP contribution in [0.25, 0.3) is 0 Å². The van der Waals surface area contributed by atoms with Crippen molar-refractivity contribution < 1.29 is 27.1 Å². The summed E-state index contributed by atoms with van der Waals surface area (Å²) in [7, 11) is 1.61. The van der Waals surface area contributed by atoms with E-state index in [0.717, 1.165) is 16.9 Å². The van der Waals surface area contributed by atoms with E-state index < -0.39 is 12.8 Å². The average molecular weight is 410 g/mol. The number of hydrogen-bond donors (Lipinski definition) is 0. The van der Waals surface area contributed by atoms with Gasteiger partial charge in [0.2, 0.25) is 5.89 Å². The van der Waals surface area contributed by atoms with Crippen LogP contribution in [-0.2, 0) is 12.2 Å². The molecule has 3 aromatic rings. The molecule has 148 valence electrons. The van der Waals surface area contributed by atoms with Gasteiger partial charge in [0.15, 0.2) is 6.61 Å². The lowest BCUT2D eigenvalue weighted by Gasteiger charge is -2.09. The largest absolute Gasteiger partial charge is 0.497 e. The Labute approximate surface area is 163 Å². The Morgan fingerprint density at radius 2 is 1.57 bits per heavy atom. The SMILES string of the molecule is COc1ccc(Cc2nnc(SCc3ccc(OCC(F)(F)F)cc3)o2)cc1. The van der Waals surface area contributed by atoms with Crippen molar-refractivity contribution in [1.82, 2.24) is 10.2 Å². The number of alkyl halides is 3. The number of benzene rings is 2. The molecule has 0 radical (unpaired) electrons. The van der Waals surface area contributed by atoms with Gasteiger partial charge in [0.05, 0.1) is 13.5 Å². The lowest BCUT2D eigenvalue weighted by atomic mass is 10.1. The second-order valence-electron chi connectivity index (χ2n) is 5.82. The van der Waals surface area contributed by atoms with Crippen LogP contribution in [0.1, 0.15) is 17.0 Å². The molecule has 2 aromatic carbocycles. The summed E-state index contributed by atoms with van der Waals surface area (Å²) in [6.45, 7) is -1.31. The van der Waals surface area contributed by atoms with Crippen molar-refractivity contribution in [1.29, 1.82) is 0 Å². The van der Waals surface area contributed by atoms with Crippen molar-refractivity contribution in [2.24, 2.45) is 0 Å². The number of methoxy groups -OCH3 is 1. The Balaban J connectivity index is 1.49. The number of halogens is 3. The quantitative estimate of drug-likeness (QED) is 0.492. The molecule has 5 nitrogen and oxygen atoms in total. The molecule has 0 bridgehead atoms. The standard InChI is InChI=1S/C19H17F3N2O3S/c1-25-15-6-2-13(3-7-15)10-17-23-24-18(27-17)28-11-14-4-8-16(9-5-14)26-12-19(20,21)22/h2-9H,10-12H2,1H3. The molecule has 9 heteroatoms. The van der Waals surface area contributed by atoms with E-state index in [4.69, 9.17) is 9.15 Å². The van der Waals surface area contributed by atoms with Gasteiger partial charge in [-0.3, -0.25) is 0 Å². The number of thioether (sulfide) groups is 1. The Morgan fingerprint density at radius 1 is 0.929 bits per heavy atom. The normalized spacial score (nSPS) is 11.4. The summed E-state index contributed by atoms with van der Waals surface area (Å²) in [6.07, 6.45) is -3.83. The van der Waals surface area contributed by atoms with E-state index in [1.165, 1.54) is 23.9 Å². The lowest BCUT2D eigenvalue weighted by molar-refractivity contribution is -0.153. The van der Waals surface area contributed by atoms with Crippen LogP contribution in [0, 0.1) is 0 Å². The van der Waals surface area contributed by atoms with Crippen molar-refractivity contribution in [3.63, 3.8) is 0 Å². The van der Waals surface area contributed by atoms with E-state index in [9.17, 15) is 13.2 Å². The fourth-order valence-corrected chi connectivity index (χ4v) is 3.01. The van der Waals surface area contributed by atoms with E-state index in [1.807, 2.05) is 24.3 Å². The molecule has 0 unspecified atom stereocenters. The van der Waals surface area contributed by atoms with E-state index >= 15 is 0 Å². The number of rotatable bonds is 8.